The van der Waals surface area contributed by atoms with Gasteiger partial charge in [0.05, 0.1) is 0 Å². The fourth-order valence-electron chi connectivity index (χ4n) is 2.06. The van der Waals surface area contributed by atoms with Crippen molar-refractivity contribution in [3.8, 4) is 0 Å². The minimum Gasteiger partial charge on any atom is -0.277 e. The first kappa shape index (κ1) is 11.3. The van der Waals surface area contributed by atoms with Gasteiger partial charge in [0.15, 0.2) is 5.41 Å². The van der Waals surface area contributed by atoms with E-state index in [4.69, 9.17) is 0 Å². The number of hydrogen-bond acceptors (Lipinski definition) is 3. The predicted octanol–water partition coefficient (Wildman–Crippen LogP) is 0.700. The Morgan fingerprint density at radius 3 is 2.00 bits per heavy atom. The van der Waals surface area contributed by atoms with Gasteiger partial charge < -0.3 is 0 Å². The molecule has 4 amide bonds. The highest BCUT2D eigenvalue weighted by atomic mass is 16.4. The van der Waals surface area contributed by atoms with Crippen LogP contribution in [0.3, 0.4) is 0 Å². The molecule has 0 aromatic heterocycles. The summed E-state index contributed by atoms with van der Waals surface area (Å²) in [6.07, 6.45) is 0.294. The Labute approximate surface area is 98.2 Å². The summed E-state index contributed by atoms with van der Waals surface area (Å²) < 4.78 is 0. The molecule has 17 heavy (non-hydrogen) atoms. The van der Waals surface area contributed by atoms with Gasteiger partial charge in [0, 0.05) is 0 Å². The number of carbonyl (C=O) groups is 3. The molecule has 5 heteroatoms. The lowest BCUT2D eigenvalue weighted by molar-refractivity contribution is -0.138. The van der Waals surface area contributed by atoms with Crippen LogP contribution in [0.4, 0.5) is 4.79 Å². The van der Waals surface area contributed by atoms with Gasteiger partial charge in [0.2, 0.25) is 11.8 Å². The largest absolute Gasteiger partial charge is 0.328 e. The standard InChI is InChI=1S/C12H12N2O3/c1-2-12(8-6-4-3-5-7-8)9(15)13-11(17)14-10(12)16/h3-7H,2H2,1H3,(H2,13,14,15,16,17)/i11+1,13+1,14+1. The first-order valence-corrected chi connectivity index (χ1v) is 5.33. The fourth-order valence-corrected chi connectivity index (χ4v) is 2.06. The van der Waals surface area contributed by atoms with Crippen molar-refractivity contribution in [2.24, 2.45) is 0 Å². The van der Waals surface area contributed by atoms with Crippen LogP contribution in [0.25, 0.3) is 0 Å². The van der Waals surface area contributed by atoms with Crippen molar-refractivity contribution in [3.05, 3.63) is 35.9 Å². The van der Waals surface area contributed by atoms with Gasteiger partial charge in [-0.15, -0.1) is 0 Å². The average molecular weight is 235 g/mol. The molecule has 0 radical (unpaired) electrons. The van der Waals surface area contributed by atoms with Crippen LogP contribution in [0.1, 0.15) is 18.9 Å². The Bertz CT molecular complexity index is 462. The molecule has 1 aromatic carbocycles. The number of hydrogen-bond donors (Lipinski definition) is 2. The molecule has 1 saturated heterocycles. The minimum absolute atomic E-state index is 0.294. The third-order valence-electron chi connectivity index (χ3n) is 3.03. The summed E-state index contributed by atoms with van der Waals surface area (Å²) in [4.78, 5) is 35.0. The number of benzene rings is 1. The van der Waals surface area contributed by atoms with Crippen LogP contribution in [0.15, 0.2) is 30.3 Å². The van der Waals surface area contributed by atoms with E-state index >= 15 is 0 Å². The van der Waals surface area contributed by atoms with Gasteiger partial charge in [0.1, 0.15) is 0 Å². The van der Waals surface area contributed by atoms with Crippen LogP contribution < -0.4 is 10.6 Å². The molecular formula is C12H12N2O3. The Morgan fingerprint density at radius 2 is 1.53 bits per heavy atom. The quantitative estimate of drug-likeness (QED) is 0.450. The molecule has 0 saturated carbocycles. The monoisotopic (exact) mass is 235 g/mol. The zero-order chi connectivity index (χ0) is 12.5. The normalized spacial score (nSPS) is 18.5. The second kappa shape index (κ2) is 4.01. The first-order chi connectivity index (χ1) is 8.11. The molecule has 88 valence electrons. The van der Waals surface area contributed by atoms with E-state index in [2.05, 4.69) is 10.6 Å². The second-order valence-electron chi connectivity index (χ2n) is 3.86. The van der Waals surface area contributed by atoms with E-state index in [1.165, 1.54) is 0 Å². The van der Waals surface area contributed by atoms with Gasteiger partial charge in [-0.3, -0.25) is 20.2 Å². The van der Waals surface area contributed by atoms with Gasteiger partial charge in [-0.05, 0) is 12.0 Å². The molecule has 0 bridgehead atoms. The third-order valence-corrected chi connectivity index (χ3v) is 3.03. The maximum absolute atomic E-state index is 12.0. The number of barbiturate groups is 1. The summed E-state index contributed by atoms with van der Waals surface area (Å²) in [5, 5.41) is 4.28. The molecule has 0 unspecified atom stereocenters. The Morgan fingerprint density at radius 1 is 1.00 bits per heavy atom. The van der Waals surface area contributed by atoms with Crippen molar-refractivity contribution >= 4 is 17.8 Å². The summed E-state index contributed by atoms with van der Waals surface area (Å²) in [5.41, 5.74) is -0.722. The van der Waals surface area contributed by atoms with Crippen LogP contribution >= 0.6 is 0 Å². The van der Waals surface area contributed by atoms with E-state index in [1.807, 2.05) is 0 Å². The smallest absolute Gasteiger partial charge is 0.277 e. The maximum Gasteiger partial charge on any atom is 0.328 e. The van der Waals surface area contributed by atoms with Crippen molar-refractivity contribution in [1.29, 1.82) is 0 Å². The Hall–Kier alpha value is -2.17. The van der Waals surface area contributed by atoms with Gasteiger partial charge in [-0.1, -0.05) is 37.3 Å². The molecule has 0 spiro atoms. The van der Waals surface area contributed by atoms with E-state index in [9.17, 15) is 14.4 Å². The summed E-state index contributed by atoms with van der Waals surface area (Å²) in [6.45, 7) is 1.74. The van der Waals surface area contributed by atoms with Crippen LogP contribution in [-0.2, 0) is 15.0 Å². The highest BCUT2D eigenvalue weighted by Crippen LogP contribution is 2.30. The zero-order valence-corrected chi connectivity index (χ0v) is 9.32. The maximum atomic E-state index is 12.0. The number of rotatable bonds is 2. The van der Waals surface area contributed by atoms with Gasteiger partial charge in [0.25, 0.3) is 0 Å². The van der Waals surface area contributed by atoms with Crippen LogP contribution in [-0.4, -0.2) is 17.8 Å². The Kier molecular flexibility index (Phi) is 2.67. The van der Waals surface area contributed by atoms with Crippen LogP contribution in [0, 0.1) is 0 Å². The summed E-state index contributed by atoms with van der Waals surface area (Å²) >= 11 is 0. The van der Waals surface area contributed by atoms with Crippen molar-refractivity contribution in [2.45, 2.75) is 18.8 Å². The number of urea groups is 1. The molecule has 1 aliphatic rings. The van der Waals surface area contributed by atoms with E-state index < -0.39 is 23.3 Å². The lowest BCUT2D eigenvalue weighted by Gasteiger charge is -2.33. The van der Waals surface area contributed by atoms with Crippen LogP contribution in [0.2, 0.25) is 0 Å². The van der Waals surface area contributed by atoms with Crippen molar-refractivity contribution in [2.75, 3.05) is 0 Å². The summed E-state index contributed by atoms with van der Waals surface area (Å²) in [7, 11) is 0. The number of nitrogens with one attached hydrogen (secondary N) is 2. The lowest BCUT2D eigenvalue weighted by Crippen LogP contribution is -2.64. The van der Waals surface area contributed by atoms with E-state index in [0.29, 0.717) is 12.0 Å². The highest BCUT2D eigenvalue weighted by molar-refractivity contribution is 6.22. The SMILES string of the molecule is CCC1(c2ccccc2)C(=O)[15NH][13C](=O)[15NH]C1=O. The third kappa shape index (κ3) is 1.60. The van der Waals surface area contributed by atoms with Crippen molar-refractivity contribution in [3.63, 3.8) is 0 Å². The van der Waals surface area contributed by atoms with Crippen molar-refractivity contribution in [1.82, 2.24) is 10.6 Å². The van der Waals surface area contributed by atoms with E-state index in [0.717, 1.165) is 0 Å². The minimum atomic E-state index is -1.31. The molecule has 1 heterocycles. The molecule has 0 atom stereocenters. The van der Waals surface area contributed by atoms with Gasteiger partial charge >= 0.3 is 6.03 Å². The topological polar surface area (TPSA) is 75.3 Å². The molecule has 2 N–H and O–H groups in total. The fraction of sp³-hybridized carbons (Fsp3) is 0.250. The molecule has 0 aliphatic carbocycles. The molecular weight excluding hydrogens is 223 g/mol. The molecule has 1 aliphatic heterocycles. The summed E-state index contributed by atoms with van der Waals surface area (Å²) in [5.74, 6) is -1.14. The molecule has 5 nitrogen and oxygen atoms in total. The molecule has 2 rings (SSSR count). The first-order valence-electron chi connectivity index (χ1n) is 5.33. The second-order valence-corrected chi connectivity index (χ2v) is 3.86. The van der Waals surface area contributed by atoms with Crippen molar-refractivity contribution < 1.29 is 14.4 Å². The average Bonchev–Trinajstić information content (AvgIpc) is 2.30. The summed E-state index contributed by atoms with van der Waals surface area (Å²) in [6, 6.07) is 7.96. The molecule has 1 aromatic rings. The molecule has 1 fully saturated rings. The Balaban J connectivity index is 2.54. The predicted molar refractivity (Wildman–Crippen MR) is 60.1 cm³/mol. The highest BCUT2D eigenvalue weighted by Gasteiger charge is 2.50. The number of imide groups is 2. The van der Waals surface area contributed by atoms with E-state index in [1.54, 1.807) is 37.3 Å². The zero-order valence-electron chi connectivity index (χ0n) is 9.32. The van der Waals surface area contributed by atoms with Crippen LogP contribution in [0.5, 0.6) is 0 Å². The van der Waals surface area contributed by atoms with Gasteiger partial charge in [-0.2, -0.15) is 0 Å². The lowest BCUT2D eigenvalue weighted by atomic mass is 9.77. The van der Waals surface area contributed by atoms with E-state index in [-0.39, 0.29) is 0 Å². The van der Waals surface area contributed by atoms with Gasteiger partial charge in [-0.25, -0.2) is 4.79 Å². The number of amides is 4. The number of carbonyl (C=O) groups excluding carboxylic acids is 3.